The summed E-state index contributed by atoms with van der Waals surface area (Å²) < 4.78 is 4.99. The van der Waals surface area contributed by atoms with E-state index >= 15 is 0 Å². The van der Waals surface area contributed by atoms with Crippen LogP contribution in [0.2, 0.25) is 0 Å². The molecule has 0 unspecified atom stereocenters. The minimum Gasteiger partial charge on any atom is -0.385 e. The number of ether oxygens (including phenoxy) is 1. The lowest BCUT2D eigenvalue weighted by atomic mass is 10.0. The smallest absolute Gasteiger partial charge is 0.261 e. The van der Waals surface area contributed by atoms with Crippen molar-refractivity contribution in [1.82, 2.24) is 5.32 Å². The molecule has 5 heteroatoms. The predicted octanol–water partition coefficient (Wildman–Crippen LogP) is 4.14. The van der Waals surface area contributed by atoms with E-state index in [4.69, 9.17) is 4.74 Å². The lowest BCUT2D eigenvalue weighted by molar-refractivity contribution is -0.117. The molecule has 0 atom stereocenters. The summed E-state index contributed by atoms with van der Waals surface area (Å²) in [6, 6.07) is 14.4. The van der Waals surface area contributed by atoms with Crippen LogP contribution in [-0.2, 0) is 9.53 Å². The number of unbranched alkanes of at least 4 members (excludes halogenated alkanes) is 1. The highest BCUT2D eigenvalue weighted by Crippen LogP contribution is 2.24. The molecule has 0 fully saturated rings. The normalized spacial score (nSPS) is 11.3. The summed E-state index contributed by atoms with van der Waals surface area (Å²) in [5.41, 5.74) is 2.16. The first-order chi connectivity index (χ1) is 13.6. The minimum atomic E-state index is -0.336. The van der Waals surface area contributed by atoms with Crippen LogP contribution in [0.15, 0.2) is 42.0 Å². The maximum atomic E-state index is 12.2. The number of hydrogen-bond acceptors (Lipinski definition) is 4. The summed E-state index contributed by atoms with van der Waals surface area (Å²) in [6.45, 7) is 7.43. The van der Waals surface area contributed by atoms with Gasteiger partial charge in [-0.2, -0.15) is 5.26 Å². The number of hydrogen-bond donors (Lipinski definition) is 1. The number of nitrogens with one attached hydrogen (secondary N) is 1. The van der Waals surface area contributed by atoms with Crippen LogP contribution in [0.5, 0.6) is 0 Å². The number of rotatable bonds is 10. The summed E-state index contributed by atoms with van der Waals surface area (Å²) in [6.07, 6.45) is 3.34. The fraction of sp³-hybridized carbons (Fsp3) is 0.391. The van der Waals surface area contributed by atoms with Crippen LogP contribution >= 0.6 is 0 Å². The fourth-order valence-corrected chi connectivity index (χ4v) is 3.11. The zero-order valence-corrected chi connectivity index (χ0v) is 17.0. The van der Waals surface area contributed by atoms with Gasteiger partial charge >= 0.3 is 0 Å². The number of amides is 1. The standard InChI is InChI=1S/C23H29N3O2/c1-4-26(5-2)22-11-10-19-14-18(8-9-20(19)16-22)15-21(17-24)23(27)25-12-6-7-13-28-3/h8-11,14-16H,4-7,12-13H2,1-3H3,(H,25,27)/b21-15+. The fourth-order valence-electron chi connectivity index (χ4n) is 3.11. The van der Waals surface area contributed by atoms with Gasteiger partial charge in [0.15, 0.2) is 0 Å². The number of anilines is 1. The van der Waals surface area contributed by atoms with Crippen molar-refractivity contribution in [2.45, 2.75) is 26.7 Å². The van der Waals surface area contributed by atoms with Crippen molar-refractivity contribution in [2.75, 3.05) is 38.3 Å². The molecule has 0 radical (unpaired) electrons. The Labute approximate surface area is 167 Å². The summed E-state index contributed by atoms with van der Waals surface area (Å²) in [7, 11) is 1.66. The van der Waals surface area contributed by atoms with Gasteiger partial charge in [0.1, 0.15) is 11.6 Å². The molecule has 1 N–H and O–H groups in total. The summed E-state index contributed by atoms with van der Waals surface area (Å²) in [5, 5.41) is 14.4. The Balaban J connectivity index is 2.13. The second-order valence-corrected chi connectivity index (χ2v) is 6.59. The van der Waals surface area contributed by atoms with Crippen molar-refractivity contribution in [3.05, 3.63) is 47.5 Å². The van der Waals surface area contributed by atoms with Gasteiger partial charge in [-0.3, -0.25) is 4.79 Å². The first-order valence-corrected chi connectivity index (χ1v) is 9.80. The van der Waals surface area contributed by atoms with Gasteiger partial charge in [-0.25, -0.2) is 0 Å². The Morgan fingerprint density at radius 3 is 2.54 bits per heavy atom. The van der Waals surface area contributed by atoms with Crippen LogP contribution in [0.4, 0.5) is 5.69 Å². The molecule has 148 valence electrons. The first kappa shape index (κ1) is 21.5. The number of nitrogens with zero attached hydrogens (tertiary/aromatic N) is 2. The summed E-state index contributed by atoms with van der Waals surface area (Å²) in [4.78, 5) is 14.5. The van der Waals surface area contributed by atoms with Crippen LogP contribution < -0.4 is 10.2 Å². The van der Waals surface area contributed by atoms with Crippen molar-refractivity contribution in [3.8, 4) is 6.07 Å². The molecule has 0 spiro atoms. The number of nitriles is 1. The molecule has 0 aliphatic heterocycles. The van der Waals surface area contributed by atoms with E-state index in [1.165, 1.54) is 5.69 Å². The molecule has 0 bridgehead atoms. The molecule has 0 saturated heterocycles. The quantitative estimate of drug-likeness (QED) is 0.383. The van der Waals surface area contributed by atoms with Crippen LogP contribution in [0.25, 0.3) is 16.8 Å². The van der Waals surface area contributed by atoms with E-state index in [1.54, 1.807) is 13.2 Å². The maximum absolute atomic E-state index is 12.2. The molecule has 0 saturated carbocycles. The Kier molecular flexibility index (Phi) is 8.51. The third kappa shape index (κ3) is 5.83. The second-order valence-electron chi connectivity index (χ2n) is 6.59. The highest BCUT2D eigenvalue weighted by Gasteiger charge is 2.09. The lowest BCUT2D eigenvalue weighted by Crippen LogP contribution is -2.25. The molecule has 0 heterocycles. The van der Waals surface area contributed by atoms with Crippen molar-refractivity contribution >= 4 is 28.4 Å². The van der Waals surface area contributed by atoms with E-state index in [9.17, 15) is 10.1 Å². The van der Waals surface area contributed by atoms with E-state index < -0.39 is 0 Å². The zero-order valence-electron chi connectivity index (χ0n) is 17.0. The highest BCUT2D eigenvalue weighted by molar-refractivity contribution is 6.02. The molecular formula is C23H29N3O2. The molecule has 0 aliphatic carbocycles. The molecule has 2 rings (SSSR count). The maximum Gasteiger partial charge on any atom is 0.261 e. The third-order valence-corrected chi connectivity index (χ3v) is 4.71. The number of methoxy groups -OCH3 is 1. The summed E-state index contributed by atoms with van der Waals surface area (Å²) in [5.74, 6) is -0.336. The molecule has 5 nitrogen and oxygen atoms in total. The SMILES string of the molecule is CCN(CC)c1ccc2cc(/C=C(\C#N)C(=O)NCCCCOC)ccc2c1. The molecule has 2 aromatic rings. The average molecular weight is 380 g/mol. The van der Waals surface area contributed by atoms with Gasteiger partial charge in [-0.05, 0) is 67.3 Å². The molecule has 1 amide bonds. The van der Waals surface area contributed by atoms with Gasteiger partial charge in [-0.15, -0.1) is 0 Å². The number of benzene rings is 2. The molecule has 2 aromatic carbocycles. The van der Waals surface area contributed by atoms with E-state index in [-0.39, 0.29) is 11.5 Å². The molecule has 28 heavy (non-hydrogen) atoms. The van der Waals surface area contributed by atoms with Crippen molar-refractivity contribution in [2.24, 2.45) is 0 Å². The van der Waals surface area contributed by atoms with Gasteiger partial charge in [0.05, 0.1) is 0 Å². The van der Waals surface area contributed by atoms with Crippen LogP contribution in [0, 0.1) is 11.3 Å². The second kappa shape index (κ2) is 11.1. The van der Waals surface area contributed by atoms with Crippen molar-refractivity contribution in [1.29, 1.82) is 5.26 Å². The van der Waals surface area contributed by atoms with Crippen molar-refractivity contribution < 1.29 is 9.53 Å². The summed E-state index contributed by atoms with van der Waals surface area (Å²) >= 11 is 0. The minimum absolute atomic E-state index is 0.117. The van der Waals surface area contributed by atoms with Crippen LogP contribution in [-0.4, -0.2) is 39.3 Å². The van der Waals surface area contributed by atoms with E-state index in [1.807, 2.05) is 24.3 Å². The number of carbonyl (C=O) groups excluding carboxylic acids is 1. The van der Waals surface area contributed by atoms with Crippen LogP contribution in [0.3, 0.4) is 0 Å². The van der Waals surface area contributed by atoms with Crippen molar-refractivity contribution in [3.63, 3.8) is 0 Å². The number of carbonyl (C=O) groups is 1. The first-order valence-electron chi connectivity index (χ1n) is 9.80. The van der Waals surface area contributed by atoms with Gasteiger partial charge in [-0.1, -0.05) is 18.2 Å². The monoisotopic (exact) mass is 379 g/mol. The Hall–Kier alpha value is -2.84. The van der Waals surface area contributed by atoms with Crippen LogP contribution in [0.1, 0.15) is 32.3 Å². The lowest BCUT2D eigenvalue weighted by Gasteiger charge is -2.21. The predicted molar refractivity (Wildman–Crippen MR) is 115 cm³/mol. The number of fused-ring (bicyclic) bond motifs is 1. The van der Waals surface area contributed by atoms with Gasteiger partial charge in [0.25, 0.3) is 5.91 Å². The topological polar surface area (TPSA) is 65.4 Å². The molecule has 0 aliphatic rings. The van der Waals surface area contributed by atoms with E-state index in [2.05, 4.69) is 42.3 Å². The highest BCUT2D eigenvalue weighted by atomic mass is 16.5. The van der Waals surface area contributed by atoms with Gasteiger partial charge < -0.3 is 15.0 Å². The molecule has 0 aromatic heterocycles. The average Bonchev–Trinajstić information content (AvgIpc) is 2.72. The largest absolute Gasteiger partial charge is 0.385 e. The Bertz CT molecular complexity index is 864. The zero-order chi connectivity index (χ0) is 20.4. The van der Waals surface area contributed by atoms with E-state index in [0.717, 1.165) is 42.3 Å². The molecular weight excluding hydrogens is 350 g/mol. The van der Waals surface area contributed by atoms with E-state index in [0.29, 0.717) is 13.2 Å². The van der Waals surface area contributed by atoms with Gasteiger partial charge in [0.2, 0.25) is 0 Å². The Morgan fingerprint density at radius 1 is 1.14 bits per heavy atom. The van der Waals surface area contributed by atoms with Gasteiger partial charge in [0, 0.05) is 39.0 Å². The third-order valence-electron chi connectivity index (χ3n) is 4.71. The Morgan fingerprint density at radius 2 is 1.86 bits per heavy atom.